The van der Waals surface area contributed by atoms with Gasteiger partial charge in [0.1, 0.15) is 5.75 Å². The number of ether oxygens (including phenoxy) is 1. The van der Waals surface area contributed by atoms with Gasteiger partial charge in [-0.05, 0) is 49.6 Å². The quantitative estimate of drug-likeness (QED) is 0.838. The highest BCUT2D eigenvalue weighted by Gasteiger charge is 2.12. The van der Waals surface area contributed by atoms with Crippen molar-refractivity contribution >= 4 is 23.2 Å². The van der Waals surface area contributed by atoms with Gasteiger partial charge in [-0.3, -0.25) is 9.59 Å². The Morgan fingerprint density at radius 2 is 1.92 bits per heavy atom. The fourth-order valence-electron chi connectivity index (χ4n) is 2.07. The first kappa shape index (κ1) is 18.0. The maximum absolute atomic E-state index is 12.1. The van der Waals surface area contributed by atoms with E-state index in [0.717, 1.165) is 4.88 Å². The predicted octanol–water partition coefficient (Wildman–Crippen LogP) is 2.92. The molecule has 128 valence electrons. The highest BCUT2D eigenvalue weighted by molar-refractivity contribution is 7.09. The molecule has 6 heteroatoms. The van der Waals surface area contributed by atoms with E-state index >= 15 is 0 Å². The molecule has 0 bridgehead atoms. The molecule has 1 N–H and O–H groups in total. The second-order valence-electron chi connectivity index (χ2n) is 5.70. The van der Waals surface area contributed by atoms with Crippen LogP contribution in [0.25, 0.3) is 0 Å². The van der Waals surface area contributed by atoms with E-state index < -0.39 is 0 Å². The average molecular weight is 346 g/mol. The molecule has 0 atom stereocenters. The van der Waals surface area contributed by atoms with Crippen molar-refractivity contribution in [3.63, 3.8) is 0 Å². The molecule has 0 unspecified atom stereocenters. The molecule has 1 aromatic carbocycles. The fourth-order valence-corrected chi connectivity index (χ4v) is 2.83. The lowest BCUT2D eigenvalue weighted by Crippen LogP contribution is -2.37. The highest BCUT2D eigenvalue weighted by Crippen LogP contribution is 2.14. The van der Waals surface area contributed by atoms with Crippen LogP contribution in [0.15, 0.2) is 41.8 Å². The minimum Gasteiger partial charge on any atom is -0.491 e. The van der Waals surface area contributed by atoms with Gasteiger partial charge in [-0.1, -0.05) is 6.07 Å². The summed E-state index contributed by atoms with van der Waals surface area (Å²) >= 11 is 1.60. The Morgan fingerprint density at radius 1 is 1.21 bits per heavy atom. The minimum atomic E-state index is -0.274. The molecule has 2 rings (SSSR count). The van der Waals surface area contributed by atoms with E-state index in [1.54, 1.807) is 47.5 Å². The summed E-state index contributed by atoms with van der Waals surface area (Å²) in [7, 11) is 1.73. The monoisotopic (exact) mass is 346 g/mol. The van der Waals surface area contributed by atoms with Crippen molar-refractivity contribution in [1.29, 1.82) is 0 Å². The number of nitrogens with one attached hydrogen (secondary N) is 1. The van der Waals surface area contributed by atoms with Crippen molar-refractivity contribution in [1.82, 2.24) is 10.2 Å². The van der Waals surface area contributed by atoms with Crippen molar-refractivity contribution in [3.05, 3.63) is 52.2 Å². The average Bonchev–Trinajstić information content (AvgIpc) is 3.05. The van der Waals surface area contributed by atoms with Crippen molar-refractivity contribution in [2.45, 2.75) is 26.5 Å². The van der Waals surface area contributed by atoms with Crippen molar-refractivity contribution in [2.75, 3.05) is 13.6 Å². The van der Waals surface area contributed by atoms with E-state index in [9.17, 15) is 9.59 Å². The summed E-state index contributed by atoms with van der Waals surface area (Å²) < 4.78 is 5.54. The first-order valence-electron chi connectivity index (χ1n) is 7.77. The maximum Gasteiger partial charge on any atom is 0.251 e. The van der Waals surface area contributed by atoms with Crippen LogP contribution >= 0.6 is 11.3 Å². The van der Waals surface area contributed by atoms with Gasteiger partial charge in [0, 0.05) is 17.5 Å². The van der Waals surface area contributed by atoms with Crippen LogP contribution in [0.3, 0.4) is 0 Å². The van der Waals surface area contributed by atoms with E-state index in [0.29, 0.717) is 17.9 Å². The summed E-state index contributed by atoms with van der Waals surface area (Å²) in [6.45, 7) is 4.41. The Hall–Kier alpha value is -2.34. The van der Waals surface area contributed by atoms with Crippen molar-refractivity contribution in [2.24, 2.45) is 0 Å². The van der Waals surface area contributed by atoms with Gasteiger partial charge in [-0.2, -0.15) is 0 Å². The number of amides is 2. The zero-order chi connectivity index (χ0) is 17.5. The van der Waals surface area contributed by atoms with Gasteiger partial charge in [0.15, 0.2) is 0 Å². The number of carbonyl (C=O) groups excluding carboxylic acids is 2. The summed E-state index contributed by atoms with van der Waals surface area (Å²) in [6.07, 6.45) is 0.0844. The van der Waals surface area contributed by atoms with Crippen LogP contribution in [0, 0.1) is 0 Å². The SMILES string of the molecule is CC(C)Oc1ccc(C(=O)NCC(=O)N(C)Cc2cccs2)cc1. The number of benzene rings is 1. The second kappa shape index (κ2) is 8.49. The van der Waals surface area contributed by atoms with Gasteiger partial charge in [-0.25, -0.2) is 0 Å². The molecular formula is C18H22N2O3S. The lowest BCUT2D eigenvalue weighted by Gasteiger charge is -2.16. The lowest BCUT2D eigenvalue weighted by molar-refractivity contribution is -0.129. The maximum atomic E-state index is 12.1. The third-order valence-corrected chi connectivity index (χ3v) is 4.15. The first-order valence-corrected chi connectivity index (χ1v) is 8.65. The third kappa shape index (κ3) is 5.38. The third-order valence-electron chi connectivity index (χ3n) is 3.29. The molecule has 24 heavy (non-hydrogen) atoms. The molecule has 2 aromatic rings. The van der Waals surface area contributed by atoms with Crippen molar-refractivity contribution in [3.8, 4) is 5.75 Å². The number of nitrogens with zero attached hydrogens (tertiary/aromatic N) is 1. The van der Waals surface area contributed by atoms with Crippen LogP contribution in [-0.2, 0) is 11.3 Å². The van der Waals surface area contributed by atoms with Gasteiger partial charge in [-0.15, -0.1) is 11.3 Å². The Kier molecular flexibility index (Phi) is 6.37. The zero-order valence-corrected chi connectivity index (χ0v) is 14.9. The molecule has 2 amide bonds. The molecule has 0 saturated carbocycles. The highest BCUT2D eigenvalue weighted by atomic mass is 32.1. The molecule has 1 heterocycles. The van der Waals surface area contributed by atoms with Gasteiger partial charge in [0.25, 0.3) is 5.91 Å². The normalized spacial score (nSPS) is 10.5. The Balaban J connectivity index is 1.82. The number of hydrogen-bond acceptors (Lipinski definition) is 4. The molecule has 0 aliphatic rings. The number of carbonyl (C=O) groups is 2. The predicted molar refractivity (Wildman–Crippen MR) is 95.3 cm³/mol. The van der Waals surface area contributed by atoms with E-state index in [-0.39, 0.29) is 24.5 Å². The van der Waals surface area contributed by atoms with Gasteiger partial charge >= 0.3 is 0 Å². The minimum absolute atomic E-state index is 0.0229. The van der Waals surface area contributed by atoms with Crippen LogP contribution in [0.5, 0.6) is 5.75 Å². The van der Waals surface area contributed by atoms with Gasteiger partial charge in [0.2, 0.25) is 5.91 Å². The van der Waals surface area contributed by atoms with Crippen LogP contribution in [0.2, 0.25) is 0 Å². The summed E-state index contributed by atoms with van der Waals surface area (Å²) in [5.41, 5.74) is 0.500. The smallest absolute Gasteiger partial charge is 0.251 e. The van der Waals surface area contributed by atoms with E-state index in [2.05, 4.69) is 5.32 Å². The van der Waals surface area contributed by atoms with Crippen LogP contribution in [0.1, 0.15) is 29.1 Å². The number of likely N-dealkylation sites (N-methyl/N-ethyl adjacent to an activating group) is 1. The topological polar surface area (TPSA) is 58.6 Å². The van der Waals surface area contributed by atoms with E-state index in [1.807, 2.05) is 31.4 Å². The summed E-state index contributed by atoms with van der Waals surface area (Å²) in [6, 6.07) is 10.8. The second-order valence-corrected chi connectivity index (χ2v) is 6.74. The number of rotatable bonds is 7. The molecule has 0 radical (unpaired) electrons. The molecule has 0 spiro atoms. The molecular weight excluding hydrogens is 324 g/mol. The summed E-state index contributed by atoms with van der Waals surface area (Å²) in [5.74, 6) is 0.314. The fraction of sp³-hybridized carbons (Fsp3) is 0.333. The molecule has 0 saturated heterocycles. The first-order chi connectivity index (χ1) is 11.5. The number of hydrogen-bond donors (Lipinski definition) is 1. The molecule has 5 nitrogen and oxygen atoms in total. The van der Waals surface area contributed by atoms with Crippen molar-refractivity contribution < 1.29 is 14.3 Å². The van der Waals surface area contributed by atoms with E-state index in [4.69, 9.17) is 4.74 Å². The van der Waals surface area contributed by atoms with Gasteiger partial charge < -0.3 is 15.0 Å². The largest absolute Gasteiger partial charge is 0.491 e. The Morgan fingerprint density at radius 3 is 2.50 bits per heavy atom. The van der Waals surface area contributed by atoms with Gasteiger partial charge in [0.05, 0.1) is 19.2 Å². The zero-order valence-electron chi connectivity index (χ0n) is 14.1. The summed E-state index contributed by atoms with van der Waals surface area (Å²) in [5, 5.41) is 4.63. The van der Waals surface area contributed by atoms with Crippen LogP contribution in [0.4, 0.5) is 0 Å². The summed E-state index contributed by atoms with van der Waals surface area (Å²) in [4.78, 5) is 26.9. The van der Waals surface area contributed by atoms with Crippen LogP contribution in [-0.4, -0.2) is 36.4 Å². The Bertz CT molecular complexity index is 666. The molecule has 1 aromatic heterocycles. The van der Waals surface area contributed by atoms with E-state index in [1.165, 1.54) is 0 Å². The standard InChI is InChI=1S/C18H22N2O3S/c1-13(2)23-15-8-6-14(7-9-15)18(22)19-11-17(21)20(3)12-16-5-4-10-24-16/h4-10,13H,11-12H2,1-3H3,(H,19,22). The molecule has 0 aliphatic heterocycles. The lowest BCUT2D eigenvalue weighted by atomic mass is 10.2. The van der Waals surface area contributed by atoms with Crippen LogP contribution < -0.4 is 10.1 Å². The molecule has 0 fully saturated rings. The number of thiophene rings is 1. The Labute approximate surface area is 146 Å². The molecule has 0 aliphatic carbocycles.